The molecule has 0 aromatic carbocycles. The number of anilines is 1. The monoisotopic (exact) mass is 234 g/mol. The van der Waals surface area contributed by atoms with Gasteiger partial charge in [-0.1, -0.05) is 0 Å². The standard InChI is InChI=1S/C13H22N4/c1-9-7-10(2)16-13(15-9)17-11(3)12-5-4-6-14-8-12/h7,11-12,14H,4-6,8H2,1-3H3,(H,15,16,17). The van der Waals surface area contributed by atoms with Crippen LogP contribution in [0.3, 0.4) is 0 Å². The molecule has 2 unspecified atom stereocenters. The van der Waals surface area contributed by atoms with E-state index in [-0.39, 0.29) is 0 Å². The van der Waals surface area contributed by atoms with Crippen molar-refractivity contribution in [1.29, 1.82) is 0 Å². The van der Waals surface area contributed by atoms with E-state index >= 15 is 0 Å². The average Bonchev–Trinajstić information content (AvgIpc) is 2.28. The van der Waals surface area contributed by atoms with Crippen LogP contribution in [-0.4, -0.2) is 29.1 Å². The van der Waals surface area contributed by atoms with Crippen LogP contribution >= 0.6 is 0 Å². The van der Waals surface area contributed by atoms with Crippen LogP contribution in [0, 0.1) is 19.8 Å². The molecule has 1 saturated heterocycles. The molecule has 0 saturated carbocycles. The van der Waals surface area contributed by atoms with E-state index in [0.29, 0.717) is 12.0 Å². The second-order valence-electron chi connectivity index (χ2n) is 5.01. The zero-order valence-electron chi connectivity index (χ0n) is 11.0. The number of hydrogen-bond acceptors (Lipinski definition) is 4. The van der Waals surface area contributed by atoms with E-state index in [1.54, 1.807) is 0 Å². The summed E-state index contributed by atoms with van der Waals surface area (Å²) in [5, 5.41) is 6.87. The van der Waals surface area contributed by atoms with Gasteiger partial charge in [0.05, 0.1) is 0 Å². The third-order valence-electron chi connectivity index (χ3n) is 3.38. The molecule has 4 nitrogen and oxygen atoms in total. The molecule has 4 heteroatoms. The van der Waals surface area contributed by atoms with Gasteiger partial charge in [0, 0.05) is 17.4 Å². The molecule has 0 bridgehead atoms. The van der Waals surface area contributed by atoms with Gasteiger partial charge in [-0.2, -0.15) is 0 Å². The van der Waals surface area contributed by atoms with Crippen molar-refractivity contribution in [3.63, 3.8) is 0 Å². The average molecular weight is 234 g/mol. The summed E-state index contributed by atoms with van der Waals surface area (Å²) in [6.07, 6.45) is 2.55. The molecular weight excluding hydrogens is 212 g/mol. The van der Waals surface area contributed by atoms with Gasteiger partial charge in [-0.15, -0.1) is 0 Å². The quantitative estimate of drug-likeness (QED) is 0.838. The van der Waals surface area contributed by atoms with Gasteiger partial charge in [-0.3, -0.25) is 0 Å². The molecule has 17 heavy (non-hydrogen) atoms. The number of aryl methyl sites for hydroxylation is 2. The Morgan fingerprint density at radius 1 is 1.35 bits per heavy atom. The van der Waals surface area contributed by atoms with Crippen molar-refractivity contribution in [2.75, 3.05) is 18.4 Å². The van der Waals surface area contributed by atoms with Gasteiger partial charge in [0.15, 0.2) is 0 Å². The highest BCUT2D eigenvalue weighted by Gasteiger charge is 2.20. The van der Waals surface area contributed by atoms with Crippen molar-refractivity contribution in [3.05, 3.63) is 17.5 Å². The predicted octanol–water partition coefficient (Wildman–Crippen LogP) is 1.89. The van der Waals surface area contributed by atoms with Crippen molar-refractivity contribution in [2.24, 2.45) is 5.92 Å². The summed E-state index contributed by atoms with van der Waals surface area (Å²) in [7, 11) is 0. The van der Waals surface area contributed by atoms with Crippen LogP contribution in [-0.2, 0) is 0 Å². The molecule has 94 valence electrons. The Hall–Kier alpha value is -1.16. The van der Waals surface area contributed by atoms with Crippen molar-refractivity contribution in [3.8, 4) is 0 Å². The second-order valence-corrected chi connectivity index (χ2v) is 5.01. The normalized spacial score (nSPS) is 22.2. The number of piperidine rings is 1. The van der Waals surface area contributed by atoms with Gasteiger partial charge >= 0.3 is 0 Å². The van der Waals surface area contributed by atoms with Gasteiger partial charge in [-0.05, 0) is 58.7 Å². The fourth-order valence-corrected chi connectivity index (χ4v) is 2.42. The smallest absolute Gasteiger partial charge is 0.223 e. The minimum absolute atomic E-state index is 0.420. The van der Waals surface area contributed by atoms with Gasteiger partial charge < -0.3 is 10.6 Å². The van der Waals surface area contributed by atoms with Gasteiger partial charge in [0.1, 0.15) is 0 Å². The van der Waals surface area contributed by atoms with E-state index in [1.807, 2.05) is 19.9 Å². The van der Waals surface area contributed by atoms with Crippen LogP contribution in [0.1, 0.15) is 31.2 Å². The van der Waals surface area contributed by atoms with Gasteiger partial charge in [0.2, 0.25) is 5.95 Å². The molecule has 0 spiro atoms. The number of nitrogens with one attached hydrogen (secondary N) is 2. The molecule has 1 aliphatic rings. The van der Waals surface area contributed by atoms with Crippen LogP contribution in [0.25, 0.3) is 0 Å². The minimum atomic E-state index is 0.420. The Morgan fingerprint density at radius 2 is 2.06 bits per heavy atom. The lowest BCUT2D eigenvalue weighted by Crippen LogP contribution is -2.39. The highest BCUT2D eigenvalue weighted by molar-refractivity contribution is 5.29. The first-order valence-corrected chi connectivity index (χ1v) is 6.44. The lowest BCUT2D eigenvalue weighted by Gasteiger charge is -2.29. The van der Waals surface area contributed by atoms with Crippen LogP contribution < -0.4 is 10.6 Å². The molecule has 2 atom stereocenters. The Bertz CT molecular complexity index is 351. The van der Waals surface area contributed by atoms with Crippen LogP contribution in [0.5, 0.6) is 0 Å². The third kappa shape index (κ3) is 3.40. The topological polar surface area (TPSA) is 49.8 Å². The van der Waals surface area contributed by atoms with Crippen molar-refractivity contribution in [2.45, 2.75) is 39.7 Å². The van der Waals surface area contributed by atoms with Gasteiger partial charge in [-0.25, -0.2) is 9.97 Å². The molecule has 1 aromatic rings. The van der Waals surface area contributed by atoms with Gasteiger partial charge in [0.25, 0.3) is 0 Å². The maximum Gasteiger partial charge on any atom is 0.223 e. The Labute approximate surface area is 103 Å². The summed E-state index contributed by atoms with van der Waals surface area (Å²) in [5.74, 6) is 1.44. The lowest BCUT2D eigenvalue weighted by molar-refractivity contribution is 0.346. The maximum atomic E-state index is 4.43. The number of hydrogen-bond donors (Lipinski definition) is 2. The first-order valence-electron chi connectivity index (χ1n) is 6.44. The highest BCUT2D eigenvalue weighted by Crippen LogP contribution is 2.17. The van der Waals surface area contributed by atoms with Crippen molar-refractivity contribution >= 4 is 5.95 Å². The van der Waals surface area contributed by atoms with Crippen LogP contribution in [0.4, 0.5) is 5.95 Å². The summed E-state index contributed by atoms with van der Waals surface area (Å²) < 4.78 is 0. The minimum Gasteiger partial charge on any atom is -0.351 e. The predicted molar refractivity (Wildman–Crippen MR) is 70.2 cm³/mol. The Kier molecular flexibility index (Phi) is 3.94. The Morgan fingerprint density at radius 3 is 2.65 bits per heavy atom. The van der Waals surface area contributed by atoms with E-state index in [2.05, 4.69) is 27.5 Å². The first-order chi connectivity index (χ1) is 8.15. The molecule has 1 aliphatic heterocycles. The molecule has 0 radical (unpaired) electrons. The molecule has 1 fully saturated rings. The zero-order valence-corrected chi connectivity index (χ0v) is 11.0. The van der Waals surface area contributed by atoms with Crippen LogP contribution in [0.15, 0.2) is 6.07 Å². The number of rotatable bonds is 3. The third-order valence-corrected chi connectivity index (χ3v) is 3.38. The van der Waals surface area contributed by atoms with E-state index < -0.39 is 0 Å². The summed E-state index contributed by atoms with van der Waals surface area (Å²) in [5.41, 5.74) is 2.04. The number of nitrogens with zero attached hydrogens (tertiary/aromatic N) is 2. The summed E-state index contributed by atoms with van der Waals surface area (Å²) >= 11 is 0. The summed E-state index contributed by atoms with van der Waals surface area (Å²) in [6.45, 7) is 8.49. The number of aromatic nitrogens is 2. The summed E-state index contributed by atoms with van der Waals surface area (Å²) in [6, 6.07) is 2.42. The molecule has 0 amide bonds. The van der Waals surface area contributed by atoms with E-state index in [1.165, 1.54) is 12.8 Å². The van der Waals surface area contributed by atoms with Crippen molar-refractivity contribution < 1.29 is 0 Å². The second kappa shape index (κ2) is 5.45. The van der Waals surface area contributed by atoms with E-state index in [9.17, 15) is 0 Å². The first kappa shape index (κ1) is 12.3. The summed E-state index contributed by atoms with van der Waals surface area (Å²) in [4.78, 5) is 8.85. The SMILES string of the molecule is Cc1cc(C)nc(NC(C)C2CCCNC2)n1. The lowest BCUT2D eigenvalue weighted by atomic mass is 9.93. The van der Waals surface area contributed by atoms with Crippen LogP contribution in [0.2, 0.25) is 0 Å². The molecular formula is C13H22N4. The largest absolute Gasteiger partial charge is 0.351 e. The Balaban J connectivity index is 1.99. The highest BCUT2D eigenvalue weighted by atomic mass is 15.1. The maximum absolute atomic E-state index is 4.43. The molecule has 2 rings (SSSR count). The molecule has 2 N–H and O–H groups in total. The van der Waals surface area contributed by atoms with Crippen molar-refractivity contribution in [1.82, 2.24) is 15.3 Å². The molecule has 0 aliphatic carbocycles. The van der Waals surface area contributed by atoms with E-state index in [4.69, 9.17) is 0 Å². The van der Waals surface area contributed by atoms with E-state index in [0.717, 1.165) is 30.4 Å². The molecule has 2 heterocycles. The fourth-order valence-electron chi connectivity index (χ4n) is 2.42. The fraction of sp³-hybridized carbons (Fsp3) is 0.692. The zero-order chi connectivity index (χ0) is 12.3. The molecule has 1 aromatic heterocycles.